The van der Waals surface area contributed by atoms with Crippen molar-refractivity contribution in [2.24, 2.45) is 0 Å². The molecule has 0 aromatic heterocycles. The minimum Gasteiger partial charge on any atom is -0.352 e. The summed E-state index contributed by atoms with van der Waals surface area (Å²) in [5, 5.41) is 5.68. The van der Waals surface area contributed by atoms with Gasteiger partial charge in [0.15, 0.2) is 0 Å². The molecule has 0 saturated carbocycles. The largest absolute Gasteiger partial charge is 0.352 e. The maximum Gasteiger partial charge on any atom is 0.251 e. The number of amides is 2. The number of carbonyl (C=O) groups excluding carboxylic acids is 2. The summed E-state index contributed by atoms with van der Waals surface area (Å²) in [4.78, 5) is 24.0. The number of carbonyl (C=O) groups is 2. The number of benzene rings is 2. The van der Waals surface area contributed by atoms with Crippen LogP contribution in [0.5, 0.6) is 0 Å². The molecular weight excluding hydrogens is 356 g/mol. The smallest absolute Gasteiger partial charge is 0.251 e. The van der Waals surface area contributed by atoms with Crippen LogP contribution in [0.15, 0.2) is 46.9 Å². The molecule has 2 N–H and O–H groups in total. The number of halogens is 1. The van der Waals surface area contributed by atoms with E-state index in [2.05, 4.69) is 26.6 Å². The van der Waals surface area contributed by atoms with Crippen molar-refractivity contribution in [2.45, 2.75) is 19.3 Å². The molecule has 23 heavy (non-hydrogen) atoms. The van der Waals surface area contributed by atoms with Gasteiger partial charge in [-0.25, -0.2) is 0 Å². The second kappa shape index (κ2) is 6.96. The van der Waals surface area contributed by atoms with E-state index in [9.17, 15) is 9.59 Å². The standard InChI is InChI=1S/C18H17BrN2O2/c19-16-4-2-1-3-13(16)6-8-17(22)21-14-7-5-12-9-10-20-18(23)15(12)11-14/h1-5,7,11H,6,8-10H2,(H,20,23)(H,21,22). The van der Waals surface area contributed by atoms with Crippen LogP contribution in [0.25, 0.3) is 0 Å². The van der Waals surface area contributed by atoms with Gasteiger partial charge in [-0.05, 0) is 42.2 Å². The first-order chi connectivity index (χ1) is 11.1. The molecule has 2 aromatic carbocycles. The van der Waals surface area contributed by atoms with Crippen LogP contribution in [0.3, 0.4) is 0 Å². The molecule has 2 amide bonds. The zero-order valence-electron chi connectivity index (χ0n) is 12.6. The first kappa shape index (κ1) is 15.7. The first-order valence-electron chi connectivity index (χ1n) is 7.58. The van der Waals surface area contributed by atoms with Gasteiger partial charge in [0.05, 0.1) is 0 Å². The Balaban J connectivity index is 1.63. The van der Waals surface area contributed by atoms with E-state index in [1.807, 2.05) is 36.4 Å². The minimum atomic E-state index is -0.0736. The van der Waals surface area contributed by atoms with E-state index in [0.29, 0.717) is 30.6 Å². The van der Waals surface area contributed by atoms with Gasteiger partial charge in [0.25, 0.3) is 5.91 Å². The summed E-state index contributed by atoms with van der Waals surface area (Å²) in [5.74, 6) is -0.132. The van der Waals surface area contributed by atoms with Crippen molar-refractivity contribution in [3.8, 4) is 0 Å². The highest BCUT2D eigenvalue weighted by Gasteiger charge is 2.17. The summed E-state index contributed by atoms with van der Waals surface area (Å²) in [6.45, 7) is 0.670. The van der Waals surface area contributed by atoms with Gasteiger partial charge in [0.1, 0.15) is 0 Å². The molecule has 2 aromatic rings. The molecule has 0 saturated heterocycles. The Morgan fingerprint density at radius 2 is 2.04 bits per heavy atom. The Morgan fingerprint density at radius 1 is 1.22 bits per heavy atom. The molecule has 1 aliphatic rings. The van der Waals surface area contributed by atoms with Crippen molar-refractivity contribution in [1.82, 2.24) is 5.32 Å². The van der Waals surface area contributed by atoms with E-state index in [-0.39, 0.29) is 11.8 Å². The van der Waals surface area contributed by atoms with Crippen molar-refractivity contribution >= 4 is 33.4 Å². The van der Waals surface area contributed by atoms with Crippen LogP contribution in [-0.2, 0) is 17.6 Å². The average molecular weight is 373 g/mol. The molecule has 0 atom stereocenters. The number of rotatable bonds is 4. The van der Waals surface area contributed by atoms with Gasteiger partial charge in [-0.1, -0.05) is 40.2 Å². The van der Waals surface area contributed by atoms with Crippen molar-refractivity contribution in [3.05, 3.63) is 63.6 Å². The number of hydrogen-bond donors (Lipinski definition) is 2. The first-order valence-corrected chi connectivity index (χ1v) is 8.37. The summed E-state index contributed by atoms with van der Waals surface area (Å²) >= 11 is 3.48. The van der Waals surface area contributed by atoms with Gasteiger partial charge in [0.2, 0.25) is 5.91 Å². The molecule has 4 nitrogen and oxygen atoms in total. The second-order valence-corrected chi connectivity index (χ2v) is 6.37. The molecule has 1 aliphatic heterocycles. The van der Waals surface area contributed by atoms with Crippen LogP contribution in [0.4, 0.5) is 5.69 Å². The highest BCUT2D eigenvalue weighted by molar-refractivity contribution is 9.10. The summed E-state index contributed by atoms with van der Waals surface area (Å²) < 4.78 is 1.01. The fourth-order valence-electron chi connectivity index (χ4n) is 2.66. The number of fused-ring (bicyclic) bond motifs is 1. The lowest BCUT2D eigenvalue weighted by atomic mass is 10.00. The SMILES string of the molecule is O=C(CCc1ccccc1Br)Nc1ccc2c(c1)C(=O)NCC2. The predicted molar refractivity (Wildman–Crippen MR) is 93.6 cm³/mol. The molecule has 1 heterocycles. The highest BCUT2D eigenvalue weighted by atomic mass is 79.9. The van der Waals surface area contributed by atoms with Crippen molar-refractivity contribution in [2.75, 3.05) is 11.9 Å². The molecule has 0 aliphatic carbocycles. The van der Waals surface area contributed by atoms with Gasteiger partial charge in [0, 0.05) is 28.7 Å². The van der Waals surface area contributed by atoms with Gasteiger partial charge < -0.3 is 10.6 Å². The highest BCUT2D eigenvalue weighted by Crippen LogP contribution is 2.20. The average Bonchev–Trinajstić information content (AvgIpc) is 2.55. The molecule has 0 fully saturated rings. The molecule has 118 valence electrons. The topological polar surface area (TPSA) is 58.2 Å². The summed E-state index contributed by atoms with van der Waals surface area (Å²) in [5.41, 5.74) is 3.45. The lowest BCUT2D eigenvalue weighted by Crippen LogP contribution is -2.31. The Hall–Kier alpha value is -2.14. The zero-order valence-corrected chi connectivity index (χ0v) is 14.2. The summed E-state index contributed by atoms with van der Waals surface area (Å²) in [6.07, 6.45) is 1.89. The van der Waals surface area contributed by atoms with Crippen LogP contribution < -0.4 is 10.6 Å². The van der Waals surface area contributed by atoms with Gasteiger partial charge in [-0.2, -0.15) is 0 Å². The van der Waals surface area contributed by atoms with E-state index in [4.69, 9.17) is 0 Å². The maximum atomic E-state index is 12.1. The van der Waals surface area contributed by atoms with Crippen molar-refractivity contribution < 1.29 is 9.59 Å². The zero-order chi connectivity index (χ0) is 16.2. The minimum absolute atomic E-state index is 0.0584. The third-order valence-electron chi connectivity index (χ3n) is 3.90. The van der Waals surface area contributed by atoms with Crippen LogP contribution >= 0.6 is 15.9 Å². The molecular formula is C18H17BrN2O2. The van der Waals surface area contributed by atoms with E-state index in [1.165, 1.54) is 0 Å². The Kier molecular flexibility index (Phi) is 4.76. The van der Waals surface area contributed by atoms with Crippen molar-refractivity contribution in [3.63, 3.8) is 0 Å². The normalized spacial score (nSPS) is 13.2. The van der Waals surface area contributed by atoms with E-state index in [1.54, 1.807) is 6.07 Å². The number of aryl methyl sites for hydroxylation is 1. The molecule has 5 heteroatoms. The Labute approximate surface area is 143 Å². The second-order valence-electron chi connectivity index (χ2n) is 5.52. The monoisotopic (exact) mass is 372 g/mol. The van der Waals surface area contributed by atoms with Crippen LogP contribution in [0.1, 0.15) is 27.9 Å². The number of nitrogens with one attached hydrogen (secondary N) is 2. The van der Waals surface area contributed by atoms with E-state index >= 15 is 0 Å². The lowest BCUT2D eigenvalue weighted by molar-refractivity contribution is -0.116. The number of hydrogen-bond acceptors (Lipinski definition) is 2. The third kappa shape index (κ3) is 3.79. The maximum absolute atomic E-state index is 12.1. The fraction of sp³-hybridized carbons (Fsp3) is 0.222. The molecule has 0 spiro atoms. The third-order valence-corrected chi connectivity index (χ3v) is 4.67. The molecule has 0 unspecified atom stereocenters. The van der Waals surface area contributed by atoms with E-state index < -0.39 is 0 Å². The molecule has 0 radical (unpaired) electrons. The van der Waals surface area contributed by atoms with E-state index in [0.717, 1.165) is 22.0 Å². The molecule has 3 rings (SSSR count). The van der Waals surface area contributed by atoms with Gasteiger partial charge in [-0.15, -0.1) is 0 Å². The van der Waals surface area contributed by atoms with Crippen LogP contribution in [0, 0.1) is 0 Å². The predicted octanol–water partition coefficient (Wildman–Crippen LogP) is 3.31. The Bertz CT molecular complexity index is 758. The van der Waals surface area contributed by atoms with Crippen LogP contribution in [-0.4, -0.2) is 18.4 Å². The van der Waals surface area contributed by atoms with Crippen molar-refractivity contribution in [1.29, 1.82) is 0 Å². The summed E-state index contributed by atoms with van der Waals surface area (Å²) in [6, 6.07) is 13.4. The number of anilines is 1. The summed E-state index contributed by atoms with van der Waals surface area (Å²) in [7, 11) is 0. The quantitative estimate of drug-likeness (QED) is 0.864. The lowest BCUT2D eigenvalue weighted by Gasteiger charge is -2.17. The van der Waals surface area contributed by atoms with Gasteiger partial charge in [-0.3, -0.25) is 9.59 Å². The van der Waals surface area contributed by atoms with Gasteiger partial charge >= 0.3 is 0 Å². The fourth-order valence-corrected chi connectivity index (χ4v) is 3.15. The molecule has 0 bridgehead atoms. The Morgan fingerprint density at radius 3 is 2.87 bits per heavy atom. The van der Waals surface area contributed by atoms with Crippen LogP contribution in [0.2, 0.25) is 0 Å².